The van der Waals surface area contributed by atoms with Crippen molar-refractivity contribution in [3.63, 3.8) is 0 Å². The van der Waals surface area contributed by atoms with Crippen LogP contribution in [0.25, 0.3) is 22.3 Å². The van der Waals surface area contributed by atoms with Crippen LogP contribution in [0.2, 0.25) is 0 Å². The van der Waals surface area contributed by atoms with E-state index in [1.807, 2.05) is 0 Å². The van der Waals surface area contributed by atoms with E-state index in [1.54, 1.807) is 0 Å². The first-order valence-corrected chi connectivity index (χ1v) is 6.92. The predicted octanol–water partition coefficient (Wildman–Crippen LogP) is 3.15. The van der Waals surface area contributed by atoms with Gasteiger partial charge in [0.15, 0.2) is 6.20 Å². The van der Waals surface area contributed by atoms with E-state index in [4.69, 9.17) is 0 Å². The van der Waals surface area contributed by atoms with Gasteiger partial charge in [-0.15, -0.1) is 0 Å². The normalized spacial score (nSPS) is 13.9. The van der Waals surface area contributed by atoms with Crippen LogP contribution >= 0.6 is 0 Å². The number of rotatable bonds is 0. The summed E-state index contributed by atoms with van der Waals surface area (Å²) in [6, 6.07) is 13.0. The molecule has 19 heavy (non-hydrogen) atoms. The smallest absolute Gasteiger partial charge is 0.232 e. The van der Waals surface area contributed by atoms with Gasteiger partial charge < -0.3 is 4.98 Å². The summed E-state index contributed by atoms with van der Waals surface area (Å²) < 4.78 is 2.24. The Morgan fingerprint density at radius 3 is 2.89 bits per heavy atom. The van der Waals surface area contributed by atoms with E-state index >= 15 is 0 Å². The van der Waals surface area contributed by atoms with Crippen LogP contribution in [-0.4, -0.2) is 4.98 Å². The quantitative estimate of drug-likeness (QED) is 0.591. The first kappa shape index (κ1) is 10.8. The molecular formula is C17H17N2+. The topological polar surface area (TPSA) is 19.7 Å². The lowest BCUT2D eigenvalue weighted by Gasteiger charge is -2.02. The Kier molecular flexibility index (Phi) is 2.25. The van der Waals surface area contributed by atoms with Gasteiger partial charge in [0, 0.05) is 22.5 Å². The summed E-state index contributed by atoms with van der Waals surface area (Å²) in [7, 11) is 2.14. The highest BCUT2D eigenvalue weighted by Gasteiger charge is 2.25. The molecule has 1 aromatic carbocycles. The highest BCUT2D eigenvalue weighted by molar-refractivity contribution is 5.90. The van der Waals surface area contributed by atoms with Crippen molar-refractivity contribution in [2.45, 2.75) is 19.3 Å². The van der Waals surface area contributed by atoms with Crippen molar-refractivity contribution in [2.75, 3.05) is 0 Å². The molecule has 1 aliphatic rings. The van der Waals surface area contributed by atoms with E-state index < -0.39 is 0 Å². The largest absolute Gasteiger partial charge is 0.349 e. The molecule has 0 spiro atoms. The zero-order valence-corrected chi connectivity index (χ0v) is 11.1. The van der Waals surface area contributed by atoms with Gasteiger partial charge in [-0.05, 0) is 37.0 Å². The third-order valence-corrected chi connectivity index (χ3v) is 4.19. The van der Waals surface area contributed by atoms with Crippen molar-refractivity contribution in [3.8, 4) is 11.4 Å². The molecule has 0 aliphatic heterocycles. The molecule has 1 aliphatic carbocycles. The number of para-hydroxylation sites is 1. The maximum atomic E-state index is 3.63. The molecule has 94 valence electrons. The molecule has 4 rings (SSSR count). The summed E-state index contributed by atoms with van der Waals surface area (Å²) in [6.45, 7) is 0. The van der Waals surface area contributed by atoms with Crippen LogP contribution < -0.4 is 4.57 Å². The number of nitrogens with one attached hydrogen (secondary N) is 1. The van der Waals surface area contributed by atoms with Gasteiger partial charge in [-0.1, -0.05) is 18.2 Å². The lowest BCUT2D eigenvalue weighted by molar-refractivity contribution is -0.660. The Labute approximate surface area is 112 Å². The first-order valence-electron chi connectivity index (χ1n) is 6.92. The minimum Gasteiger partial charge on any atom is -0.349 e. The maximum absolute atomic E-state index is 3.63. The van der Waals surface area contributed by atoms with Gasteiger partial charge in [-0.2, -0.15) is 4.57 Å². The van der Waals surface area contributed by atoms with Gasteiger partial charge in [-0.3, -0.25) is 0 Å². The van der Waals surface area contributed by atoms with Crippen LogP contribution in [0, 0.1) is 0 Å². The van der Waals surface area contributed by atoms with Crippen LogP contribution in [-0.2, 0) is 19.9 Å². The van der Waals surface area contributed by atoms with Crippen molar-refractivity contribution in [3.05, 3.63) is 53.7 Å². The summed E-state index contributed by atoms with van der Waals surface area (Å²) in [5, 5.41) is 1.38. The number of nitrogens with zero attached hydrogens (tertiary/aromatic N) is 1. The van der Waals surface area contributed by atoms with Gasteiger partial charge in [0.05, 0.1) is 0 Å². The molecule has 2 heteroatoms. The molecule has 0 bridgehead atoms. The summed E-state index contributed by atoms with van der Waals surface area (Å²) >= 11 is 0. The zero-order valence-electron chi connectivity index (χ0n) is 11.1. The monoisotopic (exact) mass is 249 g/mol. The van der Waals surface area contributed by atoms with Gasteiger partial charge in [0.2, 0.25) is 5.69 Å². The maximum Gasteiger partial charge on any atom is 0.232 e. The number of benzene rings is 1. The summed E-state index contributed by atoms with van der Waals surface area (Å²) in [4.78, 5) is 3.63. The SMILES string of the molecule is C[n+]1cccc2c1-c1[nH]c3ccccc3c1CCC2. The number of aryl methyl sites for hydroxylation is 3. The molecule has 0 atom stereocenters. The number of pyridine rings is 1. The molecule has 0 fully saturated rings. The standard InChI is InChI=1S/C17H16N2/c1-19-11-5-7-12-6-4-9-14-13-8-2-3-10-15(13)18-16(14)17(12)19/h2-3,5,7-8,10-11H,4,6,9H2,1H3/p+1. The fraction of sp³-hybridized carbons (Fsp3) is 0.235. The third kappa shape index (κ3) is 1.53. The number of H-pyrrole nitrogens is 1. The summed E-state index contributed by atoms with van der Waals surface area (Å²) in [5.41, 5.74) is 6.86. The van der Waals surface area contributed by atoms with E-state index in [1.165, 1.54) is 46.3 Å². The van der Waals surface area contributed by atoms with Gasteiger partial charge in [0.25, 0.3) is 0 Å². The van der Waals surface area contributed by atoms with Crippen molar-refractivity contribution in [1.29, 1.82) is 0 Å². The second-order valence-electron chi connectivity index (χ2n) is 5.37. The van der Waals surface area contributed by atoms with E-state index in [9.17, 15) is 0 Å². The van der Waals surface area contributed by atoms with Crippen LogP contribution in [0.15, 0.2) is 42.6 Å². The molecule has 0 saturated heterocycles. The molecule has 0 amide bonds. The highest BCUT2D eigenvalue weighted by atomic mass is 14.9. The summed E-state index contributed by atoms with van der Waals surface area (Å²) in [5.74, 6) is 0. The van der Waals surface area contributed by atoms with Crippen molar-refractivity contribution in [2.24, 2.45) is 7.05 Å². The molecule has 2 heterocycles. The lowest BCUT2D eigenvalue weighted by Crippen LogP contribution is -2.31. The van der Waals surface area contributed by atoms with Crippen LogP contribution in [0.3, 0.4) is 0 Å². The zero-order chi connectivity index (χ0) is 12.8. The van der Waals surface area contributed by atoms with E-state index in [0.29, 0.717) is 0 Å². The molecule has 3 aromatic rings. The van der Waals surface area contributed by atoms with Gasteiger partial charge in [-0.25, -0.2) is 0 Å². The average molecular weight is 249 g/mol. The Bertz CT molecular complexity index is 768. The van der Waals surface area contributed by atoms with Gasteiger partial charge in [0.1, 0.15) is 12.7 Å². The molecule has 0 unspecified atom stereocenters. The van der Waals surface area contributed by atoms with Crippen molar-refractivity contribution in [1.82, 2.24) is 4.98 Å². The molecule has 2 nitrogen and oxygen atoms in total. The third-order valence-electron chi connectivity index (χ3n) is 4.19. The number of fused-ring (bicyclic) bond motifs is 5. The molecule has 1 N–H and O–H groups in total. The minimum absolute atomic E-state index is 1.16. The fourth-order valence-corrected chi connectivity index (χ4v) is 3.32. The number of hydrogen-bond acceptors (Lipinski definition) is 0. The summed E-state index contributed by atoms with van der Waals surface area (Å²) in [6.07, 6.45) is 5.69. The van der Waals surface area contributed by atoms with Crippen LogP contribution in [0.4, 0.5) is 0 Å². The molecule has 0 radical (unpaired) electrons. The highest BCUT2D eigenvalue weighted by Crippen LogP contribution is 2.34. The second kappa shape index (κ2) is 3.95. The van der Waals surface area contributed by atoms with E-state index in [0.717, 1.165) is 6.42 Å². The Hall–Kier alpha value is -2.09. The molecule has 2 aromatic heterocycles. The van der Waals surface area contributed by atoms with E-state index in [2.05, 4.69) is 59.2 Å². The molecular weight excluding hydrogens is 232 g/mol. The molecule has 0 saturated carbocycles. The number of aromatic nitrogens is 2. The minimum atomic E-state index is 1.16. The Morgan fingerprint density at radius 2 is 1.95 bits per heavy atom. The fourth-order valence-electron chi connectivity index (χ4n) is 3.32. The van der Waals surface area contributed by atoms with Crippen LogP contribution in [0.5, 0.6) is 0 Å². The van der Waals surface area contributed by atoms with Crippen molar-refractivity contribution < 1.29 is 4.57 Å². The van der Waals surface area contributed by atoms with Gasteiger partial charge >= 0.3 is 0 Å². The second-order valence-corrected chi connectivity index (χ2v) is 5.37. The lowest BCUT2D eigenvalue weighted by atomic mass is 10.1. The van der Waals surface area contributed by atoms with E-state index in [-0.39, 0.29) is 0 Å². The van der Waals surface area contributed by atoms with Crippen LogP contribution in [0.1, 0.15) is 17.5 Å². The first-order chi connectivity index (χ1) is 9.34. The predicted molar refractivity (Wildman–Crippen MR) is 76.9 cm³/mol. The average Bonchev–Trinajstić information content (AvgIpc) is 2.67. The van der Waals surface area contributed by atoms with Crippen molar-refractivity contribution >= 4 is 10.9 Å². The Morgan fingerprint density at radius 1 is 1.05 bits per heavy atom. The number of hydrogen-bond donors (Lipinski definition) is 1. The number of aromatic amines is 1. The Balaban J connectivity index is 2.11.